The molecule has 3 aromatic rings. The Balaban J connectivity index is 1.75. The lowest BCUT2D eigenvalue weighted by Crippen LogP contribution is -2.31. The Morgan fingerprint density at radius 1 is 1.17 bits per heavy atom. The van der Waals surface area contributed by atoms with Gasteiger partial charge in [-0.2, -0.15) is 5.10 Å². The third-order valence-electron chi connectivity index (χ3n) is 3.70. The third kappa shape index (κ3) is 3.51. The SMILES string of the molecule is CC(C)[C@H](NC(=O)c1ccc(-n2cccn2)cc1)c1cccs1. The minimum absolute atomic E-state index is 0.0355. The summed E-state index contributed by atoms with van der Waals surface area (Å²) >= 11 is 1.67. The van der Waals surface area contributed by atoms with E-state index in [1.807, 2.05) is 48.0 Å². The molecule has 0 aliphatic carbocycles. The fourth-order valence-corrected chi connectivity index (χ4v) is 3.40. The van der Waals surface area contributed by atoms with Gasteiger partial charge in [-0.25, -0.2) is 4.68 Å². The number of aromatic nitrogens is 2. The van der Waals surface area contributed by atoms with Crippen LogP contribution >= 0.6 is 11.3 Å². The molecule has 0 spiro atoms. The summed E-state index contributed by atoms with van der Waals surface area (Å²) in [4.78, 5) is 13.7. The molecule has 2 aromatic heterocycles. The fraction of sp³-hybridized carbons (Fsp3) is 0.222. The Kier molecular flexibility index (Phi) is 4.57. The zero-order valence-electron chi connectivity index (χ0n) is 13.1. The molecule has 5 heteroatoms. The number of nitrogens with one attached hydrogen (secondary N) is 1. The van der Waals surface area contributed by atoms with Crippen molar-refractivity contribution in [3.8, 4) is 5.69 Å². The van der Waals surface area contributed by atoms with E-state index in [-0.39, 0.29) is 11.9 Å². The molecule has 4 nitrogen and oxygen atoms in total. The van der Waals surface area contributed by atoms with Gasteiger partial charge < -0.3 is 5.32 Å². The van der Waals surface area contributed by atoms with Gasteiger partial charge in [-0.05, 0) is 47.7 Å². The lowest BCUT2D eigenvalue weighted by Gasteiger charge is -2.21. The van der Waals surface area contributed by atoms with Gasteiger partial charge in [0.1, 0.15) is 0 Å². The summed E-state index contributed by atoms with van der Waals surface area (Å²) in [6, 6.07) is 13.4. The van der Waals surface area contributed by atoms with Crippen molar-refractivity contribution >= 4 is 17.2 Å². The normalized spacial score (nSPS) is 12.3. The van der Waals surface area contributed by atoms with Gasteiger partial charge in [0, 0.05) is 22.8 Å². The lowest BCUT2D eigenvalue weighted by molar-refractivity contribution is 0.0926. The first kappa shape index (κ1) is 15.5. The largest absolute Gasteiger partial charge is 0.344 e. The summed E-state index contributed by atoms with van der Waals surface area (Å²) in [6.45, 7) is 4.23. The molecule has 3 rings (SSSR count). The molecule has 1 atom stereocenters. The Bertz CT molecular complexity index is 746. The summed E-state index contributed by atoms with van der Waals surface area (Å²) < 4.78 is 1.77. The molecule has 1 amide bonds. The summed E-state index contributed by atoms with van der Waals surface area (Å²) in [7, 11) is 0. The summed E-state index contributed by atoms with van der Waals surface area (Å²) in [6.07, 6.45) is 3.61. The first-order valence-corrected chi connectivity index (χ1v) is 8.47. The first-order chi connectivity index (χ1) is 11.1. The van der Waals surface area contributed by atoms with Crippen molar-refractivity contribution in [2.24, 2.45) is 5.92 Å². The second-order valence-electron chi connectivity index (χ2n) is 5.71. The molecule has 0 aliphatic rings. The van der Waals surface area contributed by atoms with E-state index in [1.165, 1.54) is 4.88 Å². The van der Waals surface area contributed by atoms with Crippen LogP contribution in [0.5, 0.6) is 0 Å². The Hall–Kier alpha value is -2.40. The highest BCUT2D eigenvalue weighted by Gasteiger charge is 2.19. The molecule has 0 unspecified atom stereocenters. The van der Waals surface area contributed by atoms with Gasteiger partial charge in [0.2, 0.25) is 0 Å². The molecule has 0 bridgehead atoms. The van der Waals surface area contributed by atoms with E-state index in [4.69, 9.17) is 0 Å². The van der Waals surface area contributed by atoms with Crippen LogP contribution in [0.2, 0.25) is 0 Å². The van der Waals surface area contributed by atoms with Crippen LogP contribution in [0.15, 0.2) is 60.2 Å². The second kappa shape index (κ2) is 6.79. The highest BCUT2D eigenvalue weighted by Crippen LogP contribution is 2.26. The van der Waals surface area contributed by atoms with Crippen LogP contribution in [0.4, 0.5) is 0 Å². The van der Waals surface area contributed by atoms with Crippen molar-refractivity contribution in [3.05, 3.63) is 70.7 Å². The second-order valence-corrected chi connectivity index (χ2v) is 6.69. The van der Waals surface area contributed by atoms with Crippen molar-refractivity contribution in [2.75, 3.05) is 0 Å². The average molecular weight is 325 g/mol. The highest BCUT2D eigenvalue weighted by atomic mass is 32.1. The monoisotopic (exact) mass is 325 g/mol. The minimum Gasteiger partial charge on any atom is -0.344 e. The maximum atomic E-state index is 12.5. The molecule has 1 N–H and O–H groups in total. The summed E-state index contributed by atoms with van der Waals surface area (Å²) in [5, 5.41) is 9.36. The van der Waals surface area contributed by atoms with Crippen LogP contribution in [0.25, 0.3) is 5.69 Å². The van der Waals surface area contributed by atoms with Gasteiger partial charge in [-0.15, -0.1) is 11.3 Å². The number of amides is 1. The number of rotatable bonds is 5. The van der Waals surface area contributed by atoms with Gasteiger partial charge >= 0.3 is 0 Å². The highest BCUT2D eigenvalue weighted by molar-refractivity contribution is 7.10. The number of carbonyl (C=O) groups excluding carboxylic acids is 1. The smallest absolute Gasteiger partial charge is 0.251 e. The van der Waals surface area contributed by atoms with Crippen molar-refractivity contribution in [1.82, 2.24) is 15.1 Å². The minimum atomic E-state index is -0.0517. The predicted octanol–water partition coefficient (Wildman–Crippen LogP) is 4.06. The molecule has 2 heterocycles. The average Bonchev–Trinajstić information content (AvgIpc) is 3.25. The van der Waals surface area contributed by atoms with Crippen LogP contribution in [-0.4, -0.2) is 15.7 Å². The van der Waals surface area contributed by atoms with Crippen molar-refractivity contribution in [1.29, 1.82) is 0 Å². The fourth-order valence-electron chi connectivity index (χ4n) is 2.45. The van der Waals surface area contributed by atoms with Crippen molar-refractivity contribution < 1.29 is 4.79 Å². The van der Waals surface area contributed by atoms with E-state index in [1.54, 1.807) is 22.2 Å². The summed E-state index contributed by atoms with van der Waals surface area (Å²) in [5.41, 5.74) is 1.59. The molecule has 0 fully saturated rings. The summed E-state index contributed by atoms with van der Waals surface area (Å²) in [5.74, 6) is 0.282. The number of nitrogens with zero attached hydrogens (tertiary/aromatic N) is 2. The van der Waals surface area contributed by atoms with Crippen molar-refractivity contribution in [2.45, 2.75) is 19.9 Å². The lowest BCUT2D eigenvalue weighted by atomic mass is 10.0. The van der Waals surface area contributed by atoms with Crippen LogP contribution < -0.4 is 5.32 Å². The molecule has 118 valence electrons. The Morgan fingerprint density at radius 3 is 2.52 bits per heavy atom. The van der Waals surface area contributed by atoms with Crippen LogP contribution in [-0.2, 0) is 0 Å². The molecule has 0 radical (unpaired) electrons. The maximum Gasteiger partial charge on any atom is 0.251 e. The molecule has 1 aromatic carbocycles. The van der Waals surface area contributed by atoms with Crippen molar-refractivity contribution in [3.63, 3.8) is 0 Å². The Morgan fingerprint density at radius 2 is 1.96 bits per heavy atom. The first-order valence-electron chi connectivity index (χ1n) is 7.59. The third-order valence-corrected chi connectivity index (χ3v) is 4.66. The number of hydrogen-bond acceptors (Lipinski definition) is 3. The van der Waals surface area contributed by atoms with Crippen LogP contribution in [0.1, 0.15) is 35.1 Å². The number of thiophene rings is 1. The molecular weight excluding hydrogens is 306 g/mol. The van der Waals surface area contributed by atoms with E-state index in [0.29, 0.717) is 11.5 Å². The molecule has 0 saturated heterocycles. The zero-order chi connectivity index (χ0) is 16.2. The maximum absolute atomic E-state index is 12.5. The Labute approximate surface area is 139 Å². The van der Waals surface area contributed by atoms with E-state index >= 15 is 0 Å². The van der Waals surface area contributed by atoms with Gasteiger partial charge in [-0.1, -0.05) is 19.9 Å². The predicted molar refractivity (Wildman–Crippen MR) is 92.9 cm³/mol. The van der Waals surface area contributed by atoms with Gasteiger partial charge in [0.15, 0.2) is 0 Å². The van der Waals surface area contributed by atoms with Gasteiger partial charge in [-0.3, -0.25) is 4.79 Å². The molecular formula is C18H19N3OS. The quantitative estimate of drug-likeness (QED) is 0.769. The number of benzene rings is 1. The standard InChI is InChI=1S/C18H19N3OS/c1-13(2)17(16-5-3-12-23-16)20-18(22)14-6-8-15(9-7-14)21-11-4-10-19-21/h3-13,17H,1-2H3,(H,20,22)/t17-/m0/s1. The van der Waals surface area contributed by atoms with E-state index < -0.39 is 0 Å². The van der Waals surface area contributed by atoms with Gasteiger partial charge in [0.25, 0.3) is 5.91 Å². The van der Waals surface area contributed by atoms with Crippen LogP contribution in [0, 0.1) is 5.92 Å². The van der Waals surface area contributed by atoms with Crippen LogP contribution in [0.3, 0.4) is 0 Å². The molecule has 0 saturated carbocycles. The molecule has 23 heavy (non-hydrogen) atoms. The topological polar surface area (TPSA) is 46.9 Å². The number of hydrogen-bond donors (Lipinski definition) is 1. The molecule has 0 aliphatic heterocycles. The van der Waals surface area contributed by atoms with Gasteiger partial charge in [0.05, 0.1) is 11.7 Å². The van der Waals surface area contributed by atoms with E-state index in [2.05, 4.69) is 30.3 Å². The van der Waals surface area contributed by atoms with E-state index in [0.717, 1.165) is 5.69 Å². The van der Waals surface area contributed by atoms with E-state index in [9.17, 15) is 4.79 Å². The zero-order valence-corrected chi connectivity index (χ0v) is 14.0. The number of carbonyl (C=O) groups is 1.